The van der Waals surface area contributed by atoms with E-state index < -0.39 is 22.3 Å². The van der Waals surface area contributed by atoms with Gasteiger partial charge < -0.3 is 4.55 Å². The van der Waals surface area contributed by atoms with E-state index in [2.05, 4.69) is 4.94 Å². The highest BCUT2D eigenvalue weighted by atomic mass is 32.2. The predicted octanol–water partition coefficient (Wildman–Crippen LogP) is -0.318. The molecule has 0 aromatic rings. The van der Waals surface area contributed by atoms with Gasteiger partial charge in [0, 0.05) is 4.53 Å². The van der Waals surface area contributed by atoms with Crippen LogP contribution in [0.15, 0.2) is 0 Å². The van der Waals surface area contributed by atoms with Gasteiger partial charge in [-0.3, -0.25) is 9.15 Å². The Morgan fingerprint density at radius 3 is 2.44 bits per heavy atom. The summed E-state index contributed by atoms with van der Waals surface area (Å²) in [6, 6.07) is 0. The van der Waals surface area contributed by atoms with E-state index in [1.807, 2.05) is 0 Å². The molecule has 0 fully saturated rings. The second kappa shape index (κ2) is 3.52. The Balaban J connectivity index is 3.88. The van der Waals surface area contributed by atoms with Crippen LogP contribution in [-0.2, 0) is 20.8 Å². The summed E-state index contributed by atoms with van der Waals surface area (Å²) in [6.45, 7) is 1.02. The average molecular weight is 155 g/mol. The van der Waals surface area contributed by atoms with Crippen molar-refractivity contribution in [1.29, 1.82) is 0 Å². The molecule has 0 aliphatic carbocycles. The van der Waals surface area contributed by atoms with Gasteiger partial charge in [0.1, 0.15) is 5.25 Å². The highest BCUT2D eigenvalue weighted by molar-refractivity contribution is 7.80. The monoisotopic (exact) mass is 155 g/mol. The summed E-state index contributed by atoms with van der Waals surface area (Å²) in [5, 5.41) is -1.44. The van der Waals surface area contributed by atoms with Crippen molar-refractivity contribution in [2.45, 2.75) is 12.2 Å². The van der Waals surface area contributed by atoms with Gasteiger partial charge in [-0.2, -0.15) is 0 Å². The van der Waals surface area contributed by atoms with Crippen LogP contribution in [0.1, 0.15) is 6.92 Å². The predicted molar refractivity (Wildman–Crippen MR) is 25.6 cm³/mol. The van der Waals surface area contributed by atoms with Crippen LogP contribution in [0, 0.1) is 0 Å². The lowest BCUT2D eigenvalue weighted by molar-refractivity contribution is -0.182. The number of rotatable bonds is 2. The van der Waals surface area contributed by atoms with E-state index in [0.717, 1.165) is 6.92 Å². The zero-order valence-corrected chi connectivity index (χ0v) is 5.31. The first-order valence-corrected chi connectivity index (χ1v) is 3.14. The highest BCUT2D eigenvalue weighted by Crippen LogP contribution is 1.94. The van der Waals surface area contributed by atoms with Gasteiger partial charge in [0.2, 0.25) is 0 Å². The number of halogens is 1. The summed E-state index contributed by atoms with van der Waals surface area (Å²) in [4.78, 5) is 12.6. The van der Waals surface area contributed by atoms with Crippen LogP contribution < -0.4 is 0 Å². The standard InChI is InChI=1S/C3H5FO4S/c1-2(9(6)7)3(5)8-4/h2H,1H3,(H,6,7)/p-1. The fourth-order valence-corrected chi connectivity index (χ4v) is 0.335. The Labute approximate surface area is 53.2 Å². The Morgan fingerprint density at radius 1 is 1.89 bits per heavy atom. The first-order chi connectivity index (χ1) is 4.09. The van der Waals surface area contributed by atoms with Crippen molar-refractivity contribution in [2.24, 2.45) is 0 Å². The Kier molecular flexibility index (Phi) is 3.33. The summed E-state index contributed by atoms with van der Waals surface area (Å²) in [5.41, 5.74) is 0. The van der Waals surface area contributed by atoms with E-state index in [9.17, 15) is 18.1 Å². The van der Waals surface area contributed by atoms with Gasteiger partial charge in [0.15, 0.2) is 0 Å². The molecule has 0 saturated carbocycles. The lowest BCUT2D eigenvalue weighted by Gasteiger charge is -2.08. The SMILES string of the molecule is CC(C(=O)OF)S(=O)[O-]. The molecule has 0 heterocycles. The van der Waals surface area contributed by atoms with Crippen LogP contribution in [0.25, 0.3) is 0 Å². The van der Waals surface area contributed by atoms with Crippen LogP contribution in [0.3, 0.4) is 0 Å². The normalized spacial score (nSPS) is 16.3. The zero-order chi connectivity index (χ0) is 7.44. The zero-order valence-electron chi connectivity index (χ0n) is 4.50. The van der Waals surface area contributed by atoms with Crippen LogP contribution in [0.2, 0.25) is 0 Å². The molecule has 0 aliphatic rings. The quantitative estimate of drug-likeness (QED) is 0.512. The third-order valence-electron chi connectivity index (χ3n) is 0.697. The van der Waals surface area contributed by atoms with Crippen LogP contribution >= 0.6 is 0 Å². The molecule has 0 N–H and O–H groups in total. The van der Waals surface area contributed by atoms with E-state index in [1.165, 1.54) is 0 Å². The summed E-state index contributed by atoms with van der Waals surface area (Å²) in [6.07, 6.45) is 0. The summed E-state index contributed by atoms with van der Waals surface area (Å²) in [5.74, 6) is -1.40. The third kappa shape index (κ3) is 2.52. The molecule has 0 rings (SSSR count). The van der Waals surface area contributed by atoms with Crippen LogP contribution in [0.4, 0.5) is 4.53 Å². The van der Waals surface area contributed by atoms with E-state index in [4.69, 9.17) is 0 Å². The van der Waals surface area contributed by atoms with Gasteiger partial charge in [0.25, 0.3) is 0 Å². The molecule has 9 heavy (non-hydrogen) atoms. The second-order valence-corrected chi connectivity index (χ2v) is 2.53. The maximum absolute atomic E-state index is 10.9. The lowest BCUT2D eigenvalue weighted by atomic mass is 10.5. The van der Waals surface area contributed by atoms with Gasteiger partial charge in [-0.1, -0.05) is 0 Å². The van der Waals surface area contributed by atoms with Crippen molar-refractivity contribution in [2.75, 3.05) is 0 Å². The molecule has 0 aromatic carbocycles. The van der Waals surface area contributed by atoms with Crippen molar-refractivity contribution in [3.8, 4) is 0 Å². The Bertz CT molecular complexity index is 136. The summed E-state index contributed by atoms with van der Waals surface area (Å²) < 4.78 is 30.5. The molecular formula is C3H4FO4S-. The minimum atomic E-state index is -2.60. The molecule has 0 saturated heterocycles. The number of hydrogen-bond donors (Lipinski definition) is 0. The number of hydrogen-bond acceptors (Lipinski definition) is 4. The third-order valence-corrected chi connectivity index (χ3v) is 1.47. The van der Waals surface area contributed by atoms with Gasteiger partial charge >= 0.3 is 5.97 Å². The molecule has 6 heteroatoms. The summed E-state index contributed by atoms with van der Waals surface area (Å²) >= 11 is -2.60. The van der Waals surface area contributed by atoms with E-state index >= 15 is 0 Å². The summed E-state index contributed by atoms with van der Waals surface area (Å²) in [7, 11) is 0. The molecule has 2 unspecified atom stereocenters. The van der Waals surface area contributed by atoms with E-state index in [-0.39, 0.29) is 0 Å². The Morgan fingerprint density at radius 2 is 2.33 bits per heavy atom. The molecule has 54 valence electrons. The molecule has 0 aromatic heterocycles. The van der Waals surface area contributed by atoms with Crippen molar-refractivity contribution >= 4 is 17.0 Å². The van der Waals surface area contributed by atoms with Gasteiger partial charge in [-0.25, -0.2) is 4.79 Å². The minimum Gasteiger partial charge on any atom is -0.772 e. The number of carbonyl (C=O) groups excluding carboxylic acids is 1. The topological polar surface area (TPSA) is 66.4 Å². The van der Waals surface area contributed by atoms with Crippen molar-refractivity contribution in [3.05, 3.63) is 0 Å². The van der Waals surface area contributed by atoms with Crippen LogP contribution in [-0.4, -0.2) is 20.0 Å². The largest absolute Gasteiger partial charge is 0.772 e. The fourth-order valence-electron chi connectivity index (χ4n) is 0.141. The molecule has 0 aliphatic heterocycles. The van der Waals surface area contributed by atoms with E-state index in [1.54, 1.807) is 0 Å². The van der Waals surface area contributed by atoms with Crippen molar-refractivity contribution < 1.29 is 23.0 Å². The van der Waals surface area contributed by atoms with Crippen LogP contribution in [0.5, 0.6) is 0 Å². The molecule has 4 nitrogen and oxygen atoms in total. The van der Waals surface area contributed by atoms with Gasteiger partial charge in [-0.15, -0.1) is 0 Å². The average Bonchev–Trinajstić information content (AvgIpc) is 1.84. The molecule has 2 atom stereocenters. The maximum atomic E-state index is 10.9. The highest BCUT2D eigenvalue weighted by Gasteiger charge is 2.15. The van der Waals surface area contributed by atoms with Crippen molar-refractivity contribution in [3.63, 3.8) is 0 Å². The van der Waals surface area contributed by atoms with Gasteiger partial charge in [-0.05, 0) is 18.0 Å². The molecule has 0 spiro atoms. The Hall–Kier alpha value is -0.490. The molecule has 0 radical (unpaired) electrons. The molecule has 0 amide bonds. The minimum absolute atomic E-state index is 1.02. The molecular weight excluding hydrogens is 151 g/mol. The van der Waals surface area contributed by atoms with Gasteiger partial charge in [0.05, 0.1) is 0 Å². The van der Waals surface area contributed by atoms with Crippen molar-refractivity contribution in [1.82, 2.24) is 0 Å². The maximum Gasteiger partial charge on any atom is 0.362 e. The first kappa shape index (κ1) is 8.51. The van der Waals surface area contributed by atoms with E-state index in [0.29, 0.717) is 0 Å². The second-order valence-electron chi connectivity index (χ2n) is 1.30. The fraction of sp³-hybridized carbons (Fsp3) is 0.667. The number of carbonyl (C=O) groups is 1. The molecule has 0 bridgehead atoms. The smallest absolute Gasteiger partial charge is 0.362 e. The lowest BCUT2D eigenvalue weighted by Crippen LogP contribution is -2.22. The first-order valence-electron chi connectivity index (χ1n) is 2.00.